The molecule has 0 aliphatic heterocycles. The average Bonchev–Trinajstić information content (AvgIpc) is 2.96. The summed E-state index contributed by atoms with van der Waals surface area (Å²) >= 11 is 1.46. The van der Waals surface area contributed by atoms with Gasteiger partial charge in [-0.15, -0.1) is 11.3 Å². The summed E-state index contributed by atoms with van der Waals surface area (Å²) in [6, 6.07) is 3.81. The Morgan fingerprint density at radius 1 is 1.50 bits per heavy atom. The molecule has 2 heterocycles. The van der Waals surface area contributed by atoms with E-state index in [2.05, 4.69) is 10.3 Å². The van der Waals surface area contributed by atoms with Crippen molar-refractivity contribution in [3.05, 3.63) is 47.8 Å². The molecule has 3 rings (SSSR count). The molecule has 4 N–H and O–H groups in total. The molecule has 0 fully saturated rings. The summed E-state index contributed by atoms with van der Waals surface area (Å²) in [4.78, 5) is 28.2. The maximum atomic E-state index is 12.9. The minimum Gasteiger partial charge on any atom is -0.478 e. The molecule has 2 aromatic rings. The molecule has 2 atom stereocenters. The number of carbonyl (C=O) groups excluding carboxylic acids is 1. The SMILES string of the molecule is CC1=C(C(=O)O)C=C[C@@](C)(C(CN)C(=O)Nc2cc3ccncc3s2)C1. The van der Waals surface area contributed by atoms with Crippen LogP contribution in [-0.2, 0) is 9.59 Å². The summed E-state index contributed by atoms with van der Waals surface area (Å²) in [6.07, 6.45) is 7.35. The van der Waals surface area contributed by atoms with Crippen molar-refractivity contribution in [2.24, 2.45) is 17.1 Å². The number of aliphatic carboxylic acids is 1. The van der Waals surface area contributed by atoms with E-state index >= 15 is 0 Å². The Labute approximate surface area is 155 Å². The lowest BCUT2D eigenvalue weighted by Gasteiger charge is -2.36. The quantitative estimate of drug-likeness (QED) is 0.749. The van der Waals surface area contributed by atoms with Gasteiger partial charge in [0.2, 0.25) is 5.91 Å². The van der Waals surface area contributed by atoms with Gasteiger partial charge in [-0.25, -0.2) is 4.79 Å². The van der Waals surface area contributed by atoms with E-state index in [0.717, 1.165) is 20.7 Å². The van der Waals surface area contributed by atoms with Gasteiger partial charge in [-0.1, -0.05) is 24.6 Å². The van der Waals surface area contributed by atoms with Crippen LogP contribution in [0.15, 0.2) is 47.8 Å². The van der Waals surface area contributed by atoms with Gasteiger partial charge >= 0.3 is 5.97 Å². The van der Waals surface area contributed by atoms with Crippen LogP contribution in [0.2, 0.25) is 0 Å². The first-order chi connectivity index (χ1) is 12.3. The molecule has 26 heavy (non-hydrogen) atoms. The van der Waals surface area contributed by atoms with Crippen molar-refractivity contribution in [1.82, 2.24) is 4.98 Å². The van der Waals surface area contributed by atoms with Crippen LogP contribution in [0.3, 0.4) is 0 Å². The summed E-state index contributed by atoms with van der Waals surface area (Å²) in [7, 11) is 0. The Hall–Kier alpha value is -2.51. The lowest BCUT2D eigenvalue weighted by molar-refractivity contribution is -0.132. The van der Waals surface area contributed by atoms with E-state index < -0.39 is 17.3 Å². The van der Waals surface area contributed by atoms with Crippen LogP contribution in [0.5, 0.6) is 0 Å². The van der Waals surface area contributed by atoms with Crippen LogP contribution in [0.1, 0.15) is 20.3 Å². The van der Waals surface area contributed by atoms with Crippen LogP contribution in [0.4, 0.5) is 5.00 Å². The largest absolute Gasteiger partial charge is 0.478 e. The number of hydrogen-bond donors (Lipinski definition) is 3. The summed E-state index contributed by atoms with van der Waals surface area (Å²) in [5, 5.41) is 14.0. The van der Waals surface area contributed by atoms with Gasteiger partial charge in [-0.2, -0.15) is 0 Å². The van der Waals surface area contributed by atoms with Crippen molar-refractivity contribution < 1.29 is 14.7 Å². The molecule has 0 aromatic carbocycles. The van der Waals surface area contributed by atoms with E-state index in [1.54, 1.807) is 31.5 Å². The van der Waals surface area contributed by atoms with Crippen LogP contribution in [0.25, 0.3) is 10.1 Å². The number of nitrogens with one attached hydrogen (secondary N) is 1. The second-order valence-electron chi connectivity index (χ2n) is 6.82. The van der Waals surface area contributed by atoms with Crippen molar-refractivity contribution in [3.63, 3.8) is 0 Å². The average molecular weight is 371 g/mol. The Kier molecular flexibility index (Phi) is 4.93. The van der Waals surface area contributed by atoms with Gasteiger partial charge in [-0.3, -0.25) is 9.78 Å². The van der Waals surface area contributed by atoms with Gasteiger partial charge in [0, 0.05) is 24.4 Å². The normalized spacial score (nSPS) is 21.0. The number of fused-ring (bicyclic) bond motifs is 1. The summed E-state index contributed by atoms with van der Waals surface area (Å²) in [5.74, 6) is -1.58. The number of anilines is 1. The minimum absolute atomic E-state index is 0.161. The lowest BCUT2D eigenvalue weighted by Crippen LogP contribution is -2.41. The lowest BCUT2D eigenvalue weighted by atomic mass is 9.69. The zero-order chi connectivity index (χ0) is 18.9. The van der Waals surface area contributed by atoms with Crippen molar-refractivity contribution in [2.45, 2.75) is 20.3 Å². The predicted molar refractivity (Wildman–Crippen MR) is 103 cm³/mol. The molecule has 0 bridgehead atoms. The standard InChI is InChI=1S/C19H21N3O3S/c1-11-8-19(2,5-3-13(11)18(24)25)14(9-20)17(23)22-16-7-12-4-6-21-10-15(12)26-16/h3-7,10,14H,8-9,20H2,1-2H3,(H,22,23)(H,24,25)/t14?,19-/m1/s1. The first-order valence-corrected chi connectivity index (χ1v) is 9.12. The predicted octanol–water partition coefficient (Wildman–Crippen LogP) is 3.18. The Morgan fingerprint density at radius 2 is 2.27 bits per heavy atom. The van der Waals surface area contributed by atoms with Gasteiger partial charge < -0.3 is 16.2 Å². The van der Waals surface area contributed by atoms with Crippen molar-refractivity contribution in [1.29, 1.82) is 0 Å². The maximum Gasteiger partial charge on any atom is 0.335 e. The summed E-state index contributed by atoms with van der Waals surface area (Å²) < 4.78 is 1.00. The maximum absolute atomic E-state index is 12.9. The van der Waals surface area contributed by atoms with E-state index in [0.29, 0.717) is 6.42 Å². The molecule has 0 saturated heterocycles. The van der Waals surface area contributed by atoms with E-state index in [4.69, 9.17) is 5.73 Å². The zero-order valence-electron chi connectivity index (χ0n) is 14.7. The number of amides is 1. The molecular formula is C19H21N3O3S. The second kappa shape index (κ2) is 7.01. The molecule has 6 nitrogen and oxygen atoms in total. The molecule has 0 saturated carbocycles. The van der Waals surface area contributed by atoms with Crippen molar-refractivity contribution in [3.8, 4) is 0 Å². The third kappa shape index (κ3) is 3.40. The van der Waals surface area contributed by atoms with E-state index in [1.807, 2.05) is 19.1 Å². The first kappa shape index (κ1) is 18.3. The van der Waals surface area contributed by atoms with E-state index in [9.17, 15) is 14.7 Å². The number of rotatable bonds is 5. The molecule has 0 spiro atoms. The summed E-state index contributed by atoms with van der Waals surface area (Å²) in [6.45, 7) is 3.90. The number of carbonyl (C=O) groups is 2. The van der Waals surface area contributed by atoms with Crippen LogP contribution < -0.4 is 11.1 Å². The highest BCUT2D eigenvalue weighted by molar-refractivity contribution is 7.22. The van der Waals surface area contributed by atoms with Gasteiger partial charge in [0.1, 0.15) is 0 Å². The Bertz CT molecular complexity index is 898. The molecule has 1 aliphatic carbocycles. The van der Waals surface area contributed by atoms with Crippen LogP contribution >= 0.6 is 11.3 Å². The smallest absolute Gasteiger partial charge is 0.335 e. The molecule has 1 aliphatic rings. The Balaban J connectivity index is 1.81. The third-order valence-corrected chi connectivity index (χ3v) is 5.89. The number of nitrogens with two attached hydrogens (primary N) is 1. The van der Waals surface area contributed by atoms with E-state index in [-0.39, 0.29) is 18.0 Å². The highest BCUT2D eigenvalue weighted by Gasteiger charge is 2.39. The molecule has 1 unspecified atom stereocenters. The van der Waals surface area contributed by atoms with Gasteiger partial charge in [0.05, 0.1) is 21.2 Å². The fourth-order valence-corrected chi connectivity index (χ4v) is 4.40. The molecule has 2 aromatic heterocycles. The van der Waals surface area contributed by atoms with Gasteiger partial charge in [0.25, 0.3) is 0 Å². The molecule has 7 heteroatoms. The van der Waals surface area contributed by atoms with Gasteiger partial charge in [-0.05, 0) is 30.9 Å². The third-order valence-electron chi connectivity index (χ3n) is 4.88. The summed E-state index contributed by atoms with van der Waals surface area (Å²) in [5.41, 5.74) is 6.44. The first-order valence-electron chi connectivity index (χ1n) is 8.31. The topological polar surface area (TPSA) is 105 Å². The number of carboxylic acid groups (broad SMARTS) is 1. The van der Waals surface area contributed by atoms with Gasteiger partial charge in [0.15, 0.2) is 0 Å². The number of carboxylic acids is 1. The molecule has 0 radical (unpaired) electrons. The fraction of sp³-hybridized carbons (Fsp3) is 0.316. The number of aromatic nitrogens is 1. The monoisotopic (exact) mass is 371 g/mol. The van der Waals surface area contributed by atoms with Crippen molar-refractivity contribution >= 4 is 38.3 Å². The van der Waals surface area contributed by atoms with E-state index in [1.165, 1.54) is 11.3 Å². The van der Waals surface area contributed by atoms with Crippen LogP contribution in [-0.4, -0.2) is 28.5 Å². The fourth-order valence-electron chi connectivity index (χ4n) is 3.46. The molecule has 136 valence electrons. The van der Waals surface area contributed by atoms with Crippen molar-refractivity contribution in [2.75, 3.05) is 11.9 Å². The second-order valence-corrected chi connectivity index (χ2v) is 7.90. The molecular weight excluding hydrogens is 350 g/mol. The Morgan fingerprint density at radius 3 is 2.88 bits per heavy atom. The number of hydrogen-bond acceptors (Lipinski definition) is 5. The zero-order valence-corrected chi connectivity index (χ0v) is 15.5. The number of allylic oxidation sites excluding steroid dienone is 2. The highest BCUT2D eigenvalue weighted by atomic mass is 32.1. The van der Waals surface area contributed by atoms with Crippen LogP contribution in [0, 0.1) is 11.3 Å². The highest BCUT2D eigenvalue weighted by Crippen LogP contribution is 2.41. The number of thiophene rings is 1. The number of nitrogens with zero attached hydrogens (tertiary/aromatic N) is 1. The minimum atomic E-state index is -0.951. The molecule has 1 amide bonds. The number of pyridine rings is 1.